The highest BCUT2D eigenvalue weighted by Gasteiger charge is 2.27. The summed E-state index contributed by atoms with van der Waals surface area (Å²) in [5.41, 5.74) is 0.892. The lowest BCUT2D eigenvalue weighted by Crippen LogP contribution is -2.29. The highest BCUT2D eigenvalue weighted by atomic mass is 32.2. The molecule has 1 aromatic rings. The molecule has 1 aliphatic rings. The lowest BCUT2D eigenvalue weighted by Gasteiger charge is -2.16. The maximum absolute atomic E-state index is 13.2. The van der Waals surface area contributed by atoms with E-state index in [-0.39, 0.29) is 29.8 Å². The number of carbonyl (C=O) groups excluding carboxylic acids is 1. The summed E-state index contributed by atoms with van der Waals surface area (Å²) in [7, 11) is -3.12. The second-order valence-corrected chi connectivity index (χ2v) is 7.52. The van der Waals surface area contributed by atoms with Crippen molar-refractivity contribution in [2.45, 2.75) is 18.8 Å². The molecule has 1 amide bonds. The van der Waals surface area contributed by atoms with Gasteiger partial charge in [-0.15, -0.1) is 0 Å². The van der Waals surface area contributed by atoms with Crippen molar-refractivity contribution in [1.82, 2.24) is 4.90 Å². The van der Waals surface area contributed by atoms with Crippen molar-refractivity contribution in [2.75, 3.05) is 25.1 Å². The van der Waals surface area contributed by atoms with Crippen LogP contribution in [0.15, 0.2) is 24.3 Å². The van der Waals surface area contributed by atoms with Gasteiger partial charge < -0.3 is 4.90 Å². The van der Waals surface area contributed by atoms with Crippen LogP contribution < -0.4 is 0 Å². The van der Waals surface area contributed by atoms with Crippen LogP contribution >= 0.6 is 0 Å². The number of halogens is 1. The van der Waals surface area contributed by atoms with Gasteiger partial charge in [0.25, 0.3) is 0 Å². The van der Waals surface area contributed by atoms with Crippen molar-refractivity contribution in [3.05, 3.63) is 35.6 Å². The lowest BCUT2D eigenvalue weighted by atomic mass is 9.98. The zero-order valence-corrected chi connectivity index (χ0v) is 12.2. The van der Waals surface area contributed by atoms with Crippen molar-refractivity contribution in [3.8, 4) is 0 Å². The Kier molecular flexibility index (Phi) is 4.42. The molecule has 1 saturated heterocycles. The molecule has 0 aliphatic carbocycles. The van der Waals surface area contributed by atoms with Crippen LogP contribution in [0.3, 0.4) is 0 Å². The fraction of sp³-hybridized carbons (Fsp3) is 0.500. The smallest absolute Gasteiger partial charge is 0.223 e. The van der Waals surface area contributed by atoms with Crippen LogP contribution in [0.5, 0.6) is 0 Å². The van der Waals surface area contributed by atoms with Gasteiger partial charge in [-0.2, -0.15) is 0 Å². The average Bonchev–Trinajstić information content (AvgIpc) is 2.84. The zero-order chi connectivity index (χ0) is 14.8. The summed E-state index contributed by atoms with van der Waals surface area (Å²) in [4.78, 5) is 13.6. The van der Waals surface area contributed by atoms with E-state index in [0.29, 0.717) is 13.1 Å². The Morgan fingerprint density at radius 3 is 2.85 bits per heavy atom. The Labute approximate surface area is 118 Å². The van der Waals surface area contributed by atoms with Gasteiger partial charge >= 0.3 is 0 Å². The van der Waals surface area contributed by atoms with Gasteiger partial charge in [0.05, 0.1) is 5.75 Å². The highest BCUT2D eigenvalue weighted by Crippen LogP contribution is 2.27. The fourth-order valence-corrected chi connectivity index (χ4v) is 3.00. The number of likely N-dealkylation sites (tertiary alicyclic amines) is 1. The van der Waals surface area contributed by atoms with E-state index in [1.807, 2.05) is 6.07 Å². The molecule has 6 heteroatoms. The van der Waals surface area contributed by atoms with Crippen molar-refractivity contribution in [2.24, 2.45) is 0 Å². The number of rotatable bonds is 4. The first kappa shape index (κ1) is 15.0. The summed E-state index contributed by atoms with van der Waals surface area (Å²) in [6.07, 6.45) is 1.93. The molecule has 0 radical (unpaired) electrons. The molecule has 0 N–H and O–H groups in total. The fourth-order valence-electron chi connectivity index (χ4n) is 2.45. The highest BCUT2D eigenvalue weighted by molar-refractivity contribution is 7.90. The predicted molar refractivity (Wildman–Crippen MR) is 74.7 cm³/mol. The Hall–Kier alpha value is -1.43. The molecule has 110 valence electrons. The molecular formula is C14H18FNO3S. The molecule has 0 unspecified atom stereocenters. The van der Waals surface area contributed by atoms with Crippen LogP contribution in [-0.4, -0.2) is 44.3 Å². The number of sulfone groups is 1. The third-order valence-electron chi connectivity index (χ3n) is 3.55. The molecule has 1 aliphatic heterocycles. The summed E-state index contributed by atoms with van der Waals surface area (Å²) < 4.78 is 35.3. The van der Waals surface area contributed by atoms with Crippen LogP contribution in [0.4, 0.5) is 4.39 Å². The van der Waals surface area contributed by atoms with E-state index < -0.39 is 9.84 Å². The molecule has 0 bridgehead atoms. The van der Waals surface area contributed by atoms with Crippen molar-refractivity contribution >= 4 is 15.7 Å². The van der Waals surface area contributed by atoms with Gasteiger partial charge in [-0.05, 0) is 24.1 Å². The maximum Gasteiger partial charge on any atom is 0.223 e. The molecule has 20 heavy (non-hydrogen) atoms. The Morgan fingerprint density at radius 2 is 2.20 bits per heavy atom. The van der Waals surface area contributed by atoms with Crippen LogP contribution in [0, 0.1) is 5.82 Å². The van der Waals surface area contributed by atoms with Crippen molar-refractivity contribution < 1.29 is 17.6 Å². The van der Waals surface area contributed by atoms with Gasteiger partial charge in [0.2, 0.25) is 5.91 Å². The molecule has 1 fully saturated rings. The van der Waals surface area contributed by atoms with Crippen molar-refractivity contribution in [3.63, 3.8) is 0 Å². The predicted octanol–water partition coefficient (Wildman–Crippen LogP) is 1.58. The number of hydrogen-bond acceptors (Lipinski definition) is 3. The Bertz CT molecular complexity index is 600. The first-order valence-electron chi connectivity index (χ1n) is 6.56. The van der Waals surface area contributed by atoms with Gasteiger partial charge in [0, 0.05) is 31.7 Å². The minimum absolute atomic E-state index is 0.0225. The number of hydrogen-bond donors (Lipinski definition) is 0. The third kappa shape index (κ3) is 4.03. The van der Waals surface area contributed by atoms with E-state index in [1.54, 1.807) is 11.0 Å². The minimum Gasteiger partial charge on any atom is -0.342 e. The summed E-state index contributed by atoms with van der Waals surface area (Å²) in [6.45, 7) is 1.13. The Balaban J connectivity index is 1.93. The van der Waals surface area contributed by atoms with Gasteiger partial charge in [-0.3, -0.25) is 4.79 Å². The number of benzene rings is 1. The molecular weight excluding hydrogens is 281 g/mol. The van der Waals surface area contributed by atoms with Crippen LogP contribution in [-0.2, 0) is 14.6 Å². The minimum atomic E-state index is -3.12. The summed E-state index contributed by atoms with van der Waals surface area (Å²) in [5, 5.41) is 0. The summed E-state index contributed by atoms with van der Waals surface area (Å²) >= 11 is 0. The monoisotopic (exact) mass is 299 g/mol. The first-order chi connectivity index (χ1) is 9.35. The number of carbonyl (C=O) groups is 1. The molecule has 0 saturated carbocycles. The summed E-state index contributed by atoms with van der Waals surface area (Å²) in [5.74, 6) is -0.404. The van der Waals surface area contributed by atoms with E-state index >= 15 is 0 Å². The molecule has 0 spiro atoms. The van der Waals surface area contributed by atoms with Gasteiger partial charge in [0.15, 0.2) is 0 Å². The lowest BCUT2D eigenvalue weighted by molar-refractivity contribution is -0.129. The summed E-state index contributed by atoms with van der Waals surface area (Å²) in [6, 6.07) is 6.42. The van der Waals surface area contributed by atoms with Crippen LogP contribution in [0.1, 0.15) is 24.3 Å². The quantitative estimate of drug-likeness (QED) is 0.848. The topological polar surface area (TPSA) is 54.5 Å². The van der Waals surface area contributed by atoms with E-state index in [0.717, 1.165) is 18.2 Å². The van der Waals surface area contributed by atoms with Gasteiger partial charge in [-0.25, -0.2) is 12.8 Å². The molecule has 1 atom stereocenters. The molecule has 1 heterocycles. The zero-order valence-electron chi connectivity index (χ0n) is 11.4. The average molecular weight is 299 g/mol. The maximum atomic E-state index is 13.2. The number of amides is 1. The largest absolute Gasteiger partial charge is 0.342 e. The third-order valence-corrected chi connectivity index (χ3v) is 4.49. The molecule has 2 rings (SSSR count). The first-order valence-corrected chi connectivity index (χ1v) is 8.62. The second-order valence-electron chi connectivity index (χ2n) is 5.26. The van der Waals surface area contributed by atoms with Gasteiger partial charge in [-0.1, -0.05) is 12.1 Å². The molecule has 0 aromatic heterocycles. The van der Waals surface area contributed by atoms with E-state index in [2.05, 4.69) is 0 Å². The van der Waals surface area contributed by atoms with Crippen molar-refractivity contribution in [1.29, 1.82) is 0 Å². The van der Waals surface area contributed by atoms with Crippen LogP contribution in [0.2, 0.25) is 0 Å². The SMILES string of the molecule is CS(=O)(=O)CCC(=O)N1CC[C@H](c2cccc(F)c2)C1. The van der Waals surface area contributed by atoms with Gasteiger partial charge in [0.1, 0.15) is 15.7 Å². The van der Waals surface area contributed by atoms with E-state index in [4.69, 9.17) is 0 Å². The molecule has 1 aromatic carbocycles. The Morgan fingerprint density at radius 1 is 1.45 bits per heavy atom. The van der Waals surface area contributed by atoms with E-state index in [1.165, 1.54) is 12.1 Å². The van der Waals surface area contributed by atoms with Crippen LogP contribution in [0.25, 0.3) is 0 Å². The second kappa shape index (κ2) is 5.91. The standard InChI is InChI=1S/C14H18FNO3S/c1-20(18,19)8-6-14(17)16-7-5-12(10-16)11-3-2-4-13(15)9-11/h2-4,9,12H,5-8,10H2,1H3/t12-/m0/s1. The normalized spacial score (nSPS) is 19.3. The van der Waals surface area contributed by atoms with E-state index in [9.17, 15) is 17.6 Å². The molecule has 4 nitrogen and oxygen atoms in total. The number of nitrogens with zero attached hydrogens (tertiary/aromatic N) is 1.